The molecular formula is C12H29NO5Si. The number of ether oxygens (including phenoxy) is 2. The number of hydrogen-bond donors (Lipinski definition) is 1. The van der Waals surface area contributed by atoms with Crippen LogP contribution in [0, 0.1) is 5.41 Å². The molecule has 0 heterocycles. The lowest BCUT2D eigenvalue weighted by molar-refractivity contribution is -0.198. The molecule has 0 aliphatic carbocycles. The summed E-state index contributed by atoms with van der Waals surface area (Å²) in [6, 6.07) is 0. The Morgan fingerprint density at radius 1 is 0.842 bits per heavy atom. The molecule has 0 rings (SSSR count). The molecule has 0 saturated heterocycles. The van der Waals surface area contributed by atoms with Crippen molar-refractivity contribution in [3.8, 4) is 0 Å². The Bertz CT molecular complexity index is 246. The summed E-state index contributed by atoms with van der Waals surface area (Å²) in [6.45, 7) is 4.77. The van der Waals surface area contributed by atoms with E-state index >= 15 is 0 Å². The summed E-state index contributed by atoms with van der Waals surface area (Å²) >= 11 is 0. The molecule has 0 aromatic rings. The van der Waals surface area contributed by atoms with E-state index in [1.807, 2.05) is 0 Å². The minimum Gasteiger partial charge on any atom is -0.374 e. The van der Waals surface area contributed by atoms with Crippen LogP contribution >= 0.6 is 0 Å². The summed E-state index contributed by atoms with van der Waals surface area (Å²) in [4.78, 5) is 0. The minimum absolute atomic E-state index is 0.0162. The molecule has 0 radical (unpaired) electrons. The summed E-state index contributed by atoms with van der Waals surface area (Å²) in [5.41, 5.74) is 4.71. The molecule has 0 aliphatic rings. The first kappa shape index (κ1) is 19.0. The van der Waals surface area contributed by atoms with E-state index < -0.39 is 14.2 Å². The van der Waals surface area contributed by atoms with Gasteiger partial charge in [-0.1, -0.05) is 13.8 Å². The van der Waals surface area contributed by atoms with Crippen LogP contribution < -0.4 is 5.73 Å². The van der Waals surface area contributed by atoms with Crippen LogP contribution in [0.1, 0.15) is 26.7 Å². The zero-order valence-electron chi connectivity index (χ0n) is 13.2. The van der Waals surface area contributed by atoms with E-state index in [-0.39, 0.29) is 5.41 Å². The van der Waals surface area contributed by atoms with Gasteiger partial charge in [0.15, 0.2) is 0 Å². The van der Waals surface area contributed by atoms with E-state index in [2.05, 4.69) is 13.8 Å². The second-order valence-corrected chi connectivity index (χ2v) is 8.30. The number of methoxy groups -OCH3 is 2. The van der Waals surface area contributed by atoms with E-state index in [1.54, 1.807) is 35.5 Å². The summed E-state index contributed by atoms with van der Waals surface area (Å²) in [5, 5.41) is 0. The first-order valence-corrected chi connectivity index (χ1v) is 8.01. The highest BCUT2D eigenvalue weighted by molar-refractivity contribution is 6.63. The van der Waals surface area contributed by atoms with Crippen LogP contribution in [0.25, 0.3) is 0 Å². The van der Waals surface area contributed by atoms with Crippen molar-refractivity contribution in [2.45, 2.75) is 32.1 Å². The predicted octanol–water partition coefficient (Wildman–Crippen LogP) is 1.16. The molecule has 0 amide bonds. The van der Waals surface area contributed by atoms with Crippen molar-refractivity contribution in [3.63, 3.8) is 0 Å². The molecule has 6 nitrogen and oxygen atoms in total. The zero-order chi connectivity index (χ0) is 15.2. The molecule has 7 heteroatoms. The molecule has 0 bridgehead atoms. The SMILES string of the molecule is COC(CCC(C)(C)CN)(OC)[Si](OC)(OC)OC. The summed E-state index contributed by atoms with van der Waals surface area (Å²) in [6.07, 6.45) is 1.38. The number of rotatable bonds is 10. The molecule has 0 aliphatic heterocycles. The van der Waals surface area contributed by atoms with Crippen molar-refractivity contribution >= 4 is 8.80 Å². The number of hydrogen-bond acceptors (Lipinski definition) is 6. The van der Waals surface area contributed by atoms with Gasteiger partial charge in [0.1, 0.15) is 0 Å². The Morgan fingerprint density at radius 2 is 1.26 bits per heavy atom. The molecule has 0 atom stereocenters. The van der Waals surface area contributed by atoms with Crippen LogP contribution in [0.4, 0.5) is 0 Å². The fourth-order valence-electron chi connectivity index (χ4n) is 2.01. The van der Waals surface area contributed by atoms with Crippen molar-refractivity contribution in [3.05, 3.63) is 0 Å². The Kier molecular flexibility index (Phi) is 7.67. The van der Waals surface area contributed by atoms with Gasteiger partial charge in [-0.25, -0.2) is 0 Å². The Morgan fingerprint density at radius 3 is 1.53 bits per heavy atom. The fraction of sp³-hybridized carbons (Fsp3) is 1.00. The van der Waals surface area contributed by atoms with Crippen molar-refractivity contribution in [2.75, 3.05) is 42.1 Å². The zero-order valence-corrected chi connectivity index (χ0v) is 14.2. The first-order valence-electron chi connectivity index (χ1n) is 6.28. The van der Waals surface area contributed by atoms with Crippen molar-refractivity contribution in [1.82, 2.24) is 0 Å². The third kappa shape index (κ3) is 3.97. The predicted molar refractivity (Wildman–Crippen MR) is 75.6 cm³/mol. The van der Waals surface area contributed by atoms with Crippen LogP contribution in [-0.4, -0.2) is 56.3 Å². The van der Waals surface area contributed by atoms with Gasteiger partial charge in [-0.05, 0) is 18.4 Å². The summed E-state index contributed by atoms with van der Waals surface area (Å²) in [7, 11) is 4.66. The van der Waals surface area contributed by atoms with Crippen LogP contribution in [0.5, 0.6) is 0 Å². The maximum absolute atomic E-state index is 5.76. The van der Waals surface area contributed by atoms with E-state index in [0.29, 0.717) is 13.0 Å². The molecule has 0 fully saturated rings. The Hall–Kier alpha value is -0.0231. The van der Waals surface area contributed by atoms with Gasteiger partial charge in [0.2, 0.25) is 5.41 Å². The average Bonchev–Trinajstić information content (AvgIpc) is 2.44. The lowest BCUT2D eigenvalue weighted by Crippen LogP contribution is -2.66. The molecule has 116 valence electrons. The molecule has 0 spiro atoms. The Labute approximate surface area is 117 Å². The maximum atomic E-state index is 5.76. The largest absolute Gasteiger partial charge is 0.562 e. The van der Waals surface area contributed by atoms with Gasteiger partial charge in [-0.15, -0.1) is 0 Å². The second kappa shape index (κ2) is 7.68. The first-order chi connectivity index (χ1) is 8.82. The third-order valence-electron chi connectivity index (χ3n) is 3.62. The lowest BCUT2D eigenvalue weighted by Gasteiger charge is -2.42. The molecule has 0 saturated carbocycles. The summed E-state index contributed by atoms with van der Waals surface area (Å²) < 4.78 is 27.7. The average molecular weight is 295 g/mol. The standard InChI is InChI=1S/C12H29NO5Si/c1-11(2,10-13)8-9-12(14-3,15-4)19(16-5,17-6)18-7/h8-10,13H2,1-7H3. The normalized spacial score (nSPS) is 13.9. The van der Waals surface area contributed by atoms with Gasteiger partial charge >= 0.3 is 8.80 Å². The maximum Gasteiger partial charge on any atom is 0.562 e. The molecule has 2 N–H and O–H groups in total. The Balaban J connectivity index is 5.23. The van der Waals surface area contributed by atoms with Crippen LogP contribution in [-0.2, 0) is 22.8 Å². The molecule has 0 aromatic carbocycles. The monoisotopic (exact) mass is 295 g/mol. The second-order valence-electron chi connectivity index (χ2n) is 5.20. The molecule has 19 heavy (non-hydrogen) atoms. The van der Waals surface area contributed by atoms with Gasteiger partial charge in [0.25, 0.3) is 0 Å². The van der Waals surface area contributed by atoms with Gasteiger partial charge in [-0.3, -0.25) is 0 Å². The highest BCUT2D eigenvalue weighted by Crippen LogP contribution is 2.35. The van der Waals surface area contributed by atoms with Crippen molar-refractivity contribution < 1.29 is 22.8 Å². The number of nitrogens with two attached hydrogens (primary N) is 1. The van der Waals surface area contributed by atoms with Crippen molar-refractivity contribution in [1.29, 1.82) is 0 Å². The van der Waals surface area contributed by atoms with Crippen LogP contribution in [0.3, 0.4) is 0 Å². The van der Waals surface area contributed by atoms with Gasteiger partial charge < -0.3 is 28.5 Å². The minimum atomic E-state index is -3.09. The van der Waals surface area contributed by atoms with E-state index in [1.165, 1.54) is 0 Å². The molecule has 0 aromatic heterocycles. The smallest absolute Gasteiger partial charge is 0.374 e. The summed E-state index contributed by atoms with van der Waals surface area (Å²) in [5.74, 6) is 0. The fourth-order valence-corrected chi connectivity index (χ4v) is 4.38. The van der Waals surface area contributed by atoms with Gasteiger partial charge in [0, 0.05) is 42.0 Å². The highest BCUT2D eigenvalue weighted by atomic mass is 28.4. The molecular weight excluding hydrogens is 266 g/mol. The highest BCUT2D eigenvalue weighted by Gasteiger charge is 2.62. The van der Waals surface area contributed by atoms with Crippen molar-refractivity contribution in [2.24, 2.45) is 11.1 Å². The quantitative estimate of drug-likeness (QED) is 0.481. The third-order valence-corrected chi connectivity index (χ3v) is 6.82. The van der Waals surface area contributed by atoms with Gasteiger partial charge in [-0.2, -0.15) is 0 Å². The topological polar surface area (TPSA) is 72.2 Å². The van der Waals surface area contributed by atoms with E-state index in [9.17, 15) is 0 Å². The van der Waals surface area contributed by atoms with E-state index in [4.69, 9.17) is 28.5 Å². The van der Waals surface area contributed by atoms with Crippen LogP contribution in [0.15, 0.2) is 0 Å². The van der Waals surface area contributed by atoms with Gasteiger partial charge in [0.05, 0.1) is 0 Å². The van der Waals surface area contributed by atoms with E-state index in [0.717, 1.165) is 6.42 Å². The lowest BCUT2D eigenvalue weighted by atomic mass is 9.88. The van der Waals surface area contributed by atoms with Crippen LogP contribution in [0.2, 0.25) is 0 Å². The molecule has 0 unspecified atom stereocenters.